The standard InChI is InChI=1S/C18H24N6O2/c25-17(22-6-3-7-22)15-12-20-24(13-15)18(26)23-10-8-21(9-11-23)14-16-4-1-2-5-19-16/h1-2,4-5,12-13,17,25H,3,6-11,14H2. The fourth-order valence-corrected chi connectivity index (χ4v) is 3.33. The van der Waals surface area contributed by atoms with Gasteiger partial charge in [-0.25, -0.2) is 4.79 Å². The molecular weight excluding hydrogens is 332 g/mol. The second-order valence-corrected chi connectivity index (χ2v) is 6.85. The number of hydrogen-bond acceptors (Lipinski definition) is 6. The third-order valence-corrected chi connectivity index (χ3v) is 5.09. The molecule has 0 aromatic carbocycles. The van der Waals surface area contributed by atoms with Gasteiger partial charge in [0.05, 0.1) is 11.9 Å². The Kier molecular flexibility index (Phi) is 4.96. The van der Waals surface area contributed by atoms with Crippen molar-refractivity contribution in [2.75, 3.05) is 39.3 Å². The highest BCUT2D eigenvalue weighted by molar-refractivity contribution is 5.76. The molecular formula is C18H24N6O2. The van der Waals surface area contributed by atoms with Gasteiger partial charge in [-0.05, 0) is 18.6 Å². The van der Waals surface area contributed by atoms with Crippen LogP contribution in [0.1, 0.15) is 23.9 Å². The second-order valence-electron chi connectivity index (χ2n) is 6.85. The average molecular weight is 356 g/mol. The van der Waals surface area contributed by atoms with Crippen molar-refractivity contribution < 1.29 is 9.90 Å². The number of carbonyl (C=O) groups is 1. The summed E-state index contributed by atoms with van der Waals surface area (Å²) in [5.41, 5.74) is 1.72. The summed E-state index contributed by atoms with van der Waals surface area (Å²) in [6.07, 6.45) is 5.47. The number of rotatable bonds is 4. The Morgan fingerprint density at radius 2 is 1.96 bits per heavy atom. The molecule has 0 saturated carbocycles. The fraction of sp³-hybridized carbons (Fsp3) is 0.500. The van der Waals surface area contributed by atoms with Crippen molar-refractivity contribution in [3.05, 3.63) is 48.0 Å². The molecule has 1 amide bonds. The van der Waals surface area contributed by atoms with E-state index < -0.39 is 6.23 Å². The number of aliphatic hydroxyl groups is 1. The zero-order chi connectivity index (χ0) is 17.9. The first-order valence-corrected chi connectivity index (χ1v) is 9.09. The van der Waals surface area contributed by atoms with Gasteiger partial charge in [0.2, 0.25) is 0 Å². The van der Waals surface area contributed by atoms with Crippen LogP contribution in [0.4, 0.5) is 4.79 Å². The summed E-state index contributed by atoms with van der Waals surface area (Å²) in [6, 6.07) is 5.79. The second kappa shape index (κ2) is 7.53. The molecule has 1 atom stereocenters. The van der Waals surface area contributed by atoms with Gasteiger partial charge >= 0.3 is 6.03 Å². The molecule has 138 valence electrons. The molecule has 4 heterocycles. The van der Waals surface area contributed by atoms with E-state index in [1.54, 1.807) is 18.6 Å². The topological polar surface area (TPSA) is 77.7 Å². The van der Waals surface area contributed by atoms with E-state index in [1.165, 1.54) is 4.68 Å². The van der Waals surface area contributed by atoms with E-state index in [2.05, 4.69) is 15.0 Å². The van der Waals surface area contributed by atoms with E-state index in [0.29, 0.717) is 18.7 Å². The van der Waals surface area contributed by atoms with Crippen LogP contribution in [0.3, 0.4) is 0 Å². The minimum atomic E-state index is -0.666. The molecule has 26 heavy (non-hydrogen) atoms. The highest BCUT2D eigenvalue weighted by Crippen LogP contribution is 2.22. The summed E-state index contributed by atoms with van der Waals surface area (Å²) < 4.78 is 1.34. The van der Waals surface area contributed by atoms with E-state index in [1.807, 2.05) is 28.0 Å². The third kappa shape index (κ3) is 3.62. The molecule has 2 aromatic rings. The highest BCUT2D eigenvalue weighted by Gasteiger charge is 2.27. The largest absolute Gasteiger partial charge is 0.374 e. The molecule has 1 N–H and O–H groups in total. The molecule has 1 unspecified atom stereocenters. The van der Waals surface area contributed by atoms with Crippen LogP contribution < -0.4 is 0 Å². The molecule has 8 nitrogen and oxygen atoms in total. The van der Waals surface area contributed by atoms with Crippen LogP contribution in [0.5, 0.6) is 0 Å². The van der Waals surface area contributed by atoms with Crippen LogP contribution in [-0.4, -0.2) is 79.9 Å². The van der Waals surface area contributed by atoms with Crippen LogP contribution in [0.2, 0.25) is 0 Å². The maximum absolute atomic E-state index is 12.7. The Balaban J connectivity index is 1.31. The number of pyridine rings is 1. The van der Waals surface area contributed by atoms with E-state index >= 15 is 0 Å². The van der Waals surface area contributed by atoms with Crippen LogP contribution >= 0.6 is 0 Å². The lowest BCUT2D eigenvalue weighted by Gasteiger charge is -2.34. The maximum Gasteiger partial charge on any atom is 0.344 e. The Hall–Kier alpha value is -2.29. The molecule has 2 aliphatic heterocycles. The average Bonchev–Trinajstić information content (AvgIpc) is 3.11. The quantitative estimate of drug-likeness (QED) is 0.872. The van der Waals surface area contributed by atoms with Gasteiger partial charge in [0.15, 0.2) is 0 Å². The molecule has 8 heteroatoms. The summed E-state index contributed by atoms with van der Waals surface area (Å²) >= 11 is 0. The van der Waals surface area contributed by atoms with Gasteiger partial charge < -0.3 is 10.0 Å². The van der Waals surface area contributed by atoms with E-state index in [9.17, 15) is 9.90 Å². The number of aliphatic hydroxyl groups excluding tert-OH is 1. The Labute approximate surface area is 152 Å². The third-order valence-electron chi connectivity index (χ3n) is 5.09. The monoisotopic (exact) mass is 356 g/mol. The molecule has 2 fully saturated rings. The fourth-order valence-electron chi connectivity index (χ4n) is 3.33. The smallest absolute Gasteiger partial charge is 0.344 e. The molecule has 2 aromatic heterocycles. The van der Waals surface area contributed by atoms with Crippen molar-refractivity contribution in [2.24, 2.45) is 0 Å². The number of amides is 1. The van der Waals surface area contributed by atoms with Crippen LogP contribution in [0.15, 0.2) is 36.8 Å². The number of nitrogens with zero attached hydrogens (tertiary/aromatic N) is 6. The van der Waals surface area contributed by atoms with Gasteiger partial charge in [-0.3, -0.25) is 14.8 Å². The molecule has 0 spiro atoms. The van der Waals surface area contributed by atoms with Crippen molar-refractivity contribution >= 4 is 6.03 Å². The normalized spacial score (nSPS) is 20.0. The summed E-state index contributed by atoms with van der Waals surface area (Å²) in [4.78, 5) is 23.1. The predicted molar refractivity (Wildman–Crippen MR) is 95.3 cm³/mol. The summed E-state index contributed by atoms with van der Waals surface area (Å²) in [5, 5.41) is 14.4. The molecule has 0 radical (unpaired) electrons. The molecule has 0 bridgehead atoms. The number of piperazine rings is 1. The minimum Gasteiger partial charge on any atom is -0.374 e. The first-order chi connectivity index (χ1) is 12.7. The molecule has 2 saturated heterocycles. The van der Waals surface area contributed by atoms with Crippen molar-refractivity contribution in [1.82, 2.24) is 29.5 Å². The number of likely N-dealkylation sites (tertiary alicyclic amines) is 1. The number of hydrogen-bond donors (Lipinski definition) is 1. The van der Waals surface area contributed by atoms with Crippen LogP contribution in [-0.2, 0) is 6.54 Å². The summed E-state index contributed by atoms with van der Waals surface area (Å²) in [5.74, 6) is 0. The van der Waals surface area contributed by atoms with Gasteiger partial charge in [0.25, 0.3) is 0 Å². The minimum absolute atomic E-state index is 0.135. The van der Waals surface area contributed by atoms with Gasteiger partial charge in [0.1, 0.15) is 6.23 Å². The lowest BCUT2D eigenvalue weighted by molar-refractivity contribution is -0.0365. The van der Waals surface area contributed by atoms with Gasteiger partial charge in [-0.2, -0.15) is 9.78 Å². The first-order valence-electron chi connectivity index (χ1n) is 9.09. The molecule has 0 aliphatic carbocycles. The summed E-state index contributed by atoms with van der Waals surface area (Å²) in [7, 11) is 0. The highest BCUT2D eigenvalue weighted by atomic mass is 16.3. The number of carbonyl (C=O) groups excluding carboxylic acids is 1. The van der Waals surface area contributed by atoms with Crippen LogP contribution in [0.25, 0.3) is 0 Å². The zero-order valence-electron chi connectivity index (χ0n) is 14.7. The van der Waals surface area contributed by atoms with Crippen molar-refractivity contribution in [1.29, 1.82) is 0 Å². The Morgan fingerprint density at radius 1 is 1.15 bits per heavy atom. The number of aromatic nitrogens is 3. The zero-order valence-corrected chi connectivity index (χ0v) is 14.7. The van der Waals surface area contributed by atoms with Gasteiger partial charge in [-0.15, -0.1) is 0 Å². The lowest BCUT2D eigenvalue weighted by atomic mass is 10.2. The molecule has 4 rings (SSSR count). The van der Waals surface area contributed by atoms with Crippen LogP contribution in [0, 0.1) is 0 Å². The van der Waals surface area contributed by atoms with E-state index in [-0.39, 0.29) is 6.03 Å². The molecule has 2 aliphatic rings. The van der Waals surface area contributed by atoms with Crippen molar-refractivity contribution in [3.63, 3.8) is 0 Å². The predicted octanol–water partition coefficient (Wildman–Crippen LogP) is 0.761. The van der Waals surface area contributed by atoms with E-state index in [4.69, 9.17) is 0 Å². The first kappa shape index (κ1) is 17.1. The Morgan fingerprint density at radius 3 is 2.62 bits per heavy atom. The maximum atomic E-state index is 12.7. The SMILES string of the molecule is O=C(N1CCN(Cc2ccccn2)CC1)n1cc(C(O)N2CCC2)cn1. The van der Waals surface area contributed by atoms with Crippen molar-refractivity contribution in [3.8, 4) is 0 Å². The van der Waals surface area contributed by atoms with Gasteiger partial charge in [0, 0.05) is 63.8 Å². The van der Waals surface area contributed by atoms with E-state index in [0.717, 1.165) is 44.8 Å². The van der Waals surface area contributed by atoms with Gasteiger partial charge in [-0.1, -0.05) is 6.07 Å². The summed E-state index contributed by atoms with van der Waals surface area (Å²) in [6.45, 7) is 5.53. The Bertz CT molecular complexity index is 737. The van der Waals surface area contributed by atoms with Crippen molar-refractivity contribution in [2.45, 2.75) is 19.2 Å². The lowest BCUT2D eigenvalue weighted by Crippen LogP contribution is -2.49.